The number of benzene rings is 3. The SMILES string of the molecule is Cc1ccc(C(=O)N/N=C\c2cc(Br)ccc2OCc2ccccc2)cc1Cl. The summed E-state index contributed by atoms with van der Waals surface area (Å²) in [6.07, 6.45) is 1.55. The predicted molar refractivity (Wildman–Crippen MR) is 116 cm³/mol. The number of nitrogens with one attached hydrogen (secondary N) is 1. The Kier molecular flexibility index (Phi) is 6.85. The van der Waals surface area contributed by atoms with E-state index in [-0.39, 0.29) is 5.91 Å². The summed E-state index contributed by atoms with van der Waals surface area (Å²) in [5.41, 5.74) is 5.69. The van der Waals surface area contributed by atoms with E-state index in [9.17, 15) is 4.79 Å². The zero-order valence-electron chi connectivity index (χ0n) is 15.2. The van der Waals surface area contributed by atoms with Crippen molar-refractivity contribution in [3.05, 3.63) is 98.5 Å². The lowest BCUT2D eigenvalue weighted by molar-refractivity contribution is 0.0955. The van der Waals surface area contributed by atoms with Crippen molar-refractivity contribution in [3.8, 4) is 5.75 Å². The number of carbonyl (C=O) groups is 1. The largest absolute Gasteiger partial charge is 0.488 e. The van der Waals surface area contributed by atoms with Gasteiger partial charge >= 0.3 is 0 Å². The van der Waals surface area contributed by atoms with Gasteiger partial charge in [0.2, 0.25) is 0 Å². The van der Waals surface area contributed by atoms with Gasteiger partial charge in [0.15, 0.2) is 0 Å². The molecule has 3 aromatic rings. The van der Waals surface area contributed by atoms with Crippen molar-refractivity contribution in [3.63, 3.8) is 0 Å². The van der Waals surface area contributed by atoms with Crippen LogP contribution in [0.4, 0.5) is 0 Å². The number of nitrogens with zero attached hydrogens (tertiary/aromatic N) is 1. The number of amides is 1. The summed E-state index contributed by atoms with van der Waals surface area (Å²) < 4.78 is 6.79. The second-order valence-electron chi connectivity index (χ2n) is 6.12. The summed E-state index contributed by atoms with van der Waals surface area (Å²) in [7, 11) is 0. The highest BCUT2D eigenvalue weighted by atomic mass is 79.9. The first-order valence-corrected chi connectivity index (χ1v) is 9.76. The van der Waals surface area contributed by atoms with Gasteiger partial charge in [-0.3, -0.25) is 4.79 Å². The van der Waals surface area contributed by atoms with E-state index in [0.29, 0.717) is 22.9 Å². The molecule has 28 heavy (non-hydrogen) atoms. The van der Waals surface area contributed by atoms with Crippen molar-refractivity contribution < 1.29 is 9.53 Å². The average molecular weight is 458 g/mol. The van der Waals surface area contributed by atoms with Crippen LogP contribution in [0, 0.1) is 6.92 Å². The average Bonchev–Trinajstić information content (AvgIpc) is 2.70. The Bertz CT molecular complexity index is 1010. The van der Waals surface area contributed by atoms with Crippen molar-refractivity contribution in [1.29, 1.82) is 0 Å². The molecule has 0 saturated carbocycles. The topological polar surface area (TPSA) is 50.7 Å². The Morgan fingerprint density at radius 1 is 1.14 bits per heavy atom. The minimum absolute atomic E-state index is 0.333. The van der Waals surface area contributed by atoms with Gasteiger partial charge in [0.25, 0.3) is 5.91 Å². The third-order valence-corrected chi connectivity index (χ3v) is 4.91. The van der Waals surface area contributed by atoms with Gasteiger partial charge in [-0.05, 0) is 48.4 Å². The quantitative estimate of drug-likeness (QED) is 0.378. The molecule has 0 aliphatic carbocycles. The summed E-state index contributed by atoms with van der Waals surface area (Å²) in [5, 5.41) is 4.60. The molecule has 0 bridgehead atoms. The molecule has 0 spiro atoms. The Morgan fingerprint density at radius 2 is 1.93 bits per heavy atom. The normalized spacial score (nSPS) is 10.8. The van der Waals surface area contributed by atoms with Gasteiger partial charge in [0.1, 0.15) is 12.4 Å². The van der Waals surface area contributed by atoms with E-state index in [1.54, 1.807) is 24.4 Å². The van der Waals surface area contributed by atoms with E-state index in [4.69, 9.17) is 16.3 Å². The monoisotopic (exact) mass is 456 g/mol. The molecule has 1 amide bonds. The lowest BCUT2D eigenvalue weighted by Gasteiger charge is -2.10. The lowest BCUT2D eigenvalue weighted by atomic mass is 10.1. The van der Waals surface area contributed by atoms with E-state index in [1.807, 2.05) is 55.5 Å². The summed E-state index contributed by atoms with van der Waals surface area (Å²) in [5.74, 6) is 0.336. The lowest BCUT2D eigenvalue weighted by Crippen LogP contribution is -2.17. The van der Waals surface area contributed by atoms with Gasteiger partial charge < -0.3 is 4.74 Å². The van der Waals surface area contributed by atoms with E-state index >= 15 is 0 Å². The second-order valence-corrected chi connectivity index (χ2v) is 7.44. The number of ether oxygens (including phenoxy) is 1. The van der Waals surface area contributed by atoms with Crippen molar-refractivity contribution in [2.24, 2.45) is 5.10 Å². The van der Waals surface area contributed by atoms with Crippen LogP contribution in [0.5, 0.6) is 5.75 Å². The predicted octanol–water partition coefficient (Wildman–Crippen LogP) is 5.75. The van der Waals surface area contributed by atoms with E-state index < -0.39 is 0 Å². The maximum absolute atomic E-state index is 12.2. The highest BCUT2D eigenvalue weighted by molar-refractivity contribution is 9.10. The van der Waals surface area contributed by atoms with Gasteiger partial charge in [-0.25, -0.2) is 5.43 Å². The number of hydrogen-bond donors (Lipinski definition) is 1. The minimum atomic E-state index is -0.333. The first-order chi connectivity index (χ1) is 13.5. The van der Waals surface area contributed by atoms with Gasteiger partial charge in [-0.15, -0.1) is 0 Å². The minimum Gasteiger partial charge on any atom is -0.488 e. The molecule has 0 radical (unpaired) electrons. The Hall–Kier alpha value is -2.63. The number of hydrazone groups is 1. The summed E-state index contributed by atoms with van der Waals surface area (Å²) in [6, 6.07) is 20.6. The van der Waals surface area contributed by atoms with Crippen LogP contribution in [-0.2, 0) is 6.61 Å². The molecule has 3 rings (SSSR count). The van der Waals surface area contributed by atoms with Crippen molar-refractivity contribution >= 4 is 39.7 Å². The molecule has 6 heteroatoms. The smallest absolute Gasteiger partial charge is 0.271 e. The standard InChI is InChI=1S/C22H18BrClN2O2/c1-15-7-8-17(12-20(15)24)22(27)26-25-13-18-11-19(23)9-10-21(18)28-14-16-5-3-2-4-6-16/h2-13H,14H2,1H3,(H,26,27)/b25-13-. The molecule has 0 aliphatic heterocycles. The van der Waals surface area contributed by atoms with Crippen molar-refractivity contribution in [2.45, 2.75) is 13.5 Å². The Balaban J connectivity index is 1.69. The van der Waals surface area contributed by atoms with Crippen LogP contribution in [0.25, 0.3) is 0 Å². The molecule has 0 fully saturated rings. The molecular weight excluding hydrogens is 440 g/mol. The number of rotatable bonds is 6. The van der Waals surface area contributed by atoms with Crippen LogP contribution in [0.2, 0.25) is 5.02 Å². The molecule has 0 aliphatic rings. The Morgan fingerprint density at radius 3 is 2.68 bits per heavy atom. The summed E-state index contributed by atoms with van der Waals surface area (Å²) in [4.78, 5) is 12.2. The molecule has 0 aromatic heterocycles. The molecule has 0 heterocycles. The van der Waals surface area contributed by atoms with Crippen LogP contribution in [-0.4, -0.2) is 12.1 Å². The van der Waals surface area contributed by atoms with Crippen LogP contribution in [0.1, 0.15) is 27.0 Å². The second kappa shape index (κ2) is 9.53. The highest BCUT2D eigenvalue weighted by Gasteiger charge is 2.07. The van der Waals surface area contributed by atoms with E-state index in [1.165, 1.54) is 0 Å². The van der Waals surface area contributed by atoms with E-state index in [0.717, 1.165) is 21.2 Å². The number of carbonyl (C=O) groups excluding carboxylic acids is 1. The molecule has 3 aromatic carbocycles. The molecule has 0 atom stereocenters. The Labute approximate surface area is 177 Å². The van der Waals surface area contributed by atoms with Gasteiger partial charge in [0, 0.05) is 20.6 Å². The summed E-state index contributed by atoms with van der Waals surface area (Å²) >= 11 is 9.52. The van der Waals surface area contributed by atoms with Crippen molar-refractivity contribution in [1.82, 2.24) is 5.43 Å². The highest BCUT2D eigenvalue weighted by Crippen LogP contribution is 2.23. The number of hydrogen-bond acceptors (Lipinski definition) is 3. The third kappa shape index (κ3) is 5.44. The molecule has 142 valence electrons. The van der Waals surface area contributed by atoms with Crippen LogP contribution < -0.4 is 10.2 Å². The zero-order chi connectivity index (χ0) is 19.9. The maximum Gasteiger partial charge on any atom is 0.271 e. The fourth-order valence-corrected chi connectivity index (χ4v) is 3.01. The van der Waals surface area contributed by atoms with Gasteiger partial charge in [-0.2, -0.15) is 5.10 Å². The molecule has 1 N–H and O–H groups in total. The van der Waals surface area contributed by atoms with Crippen LogP contribution >= 0.6 is 27.5 Å². The number of halogens is 2. The first kappa shape index (κ1) is 20.1. The van der Waals surface area contributed by atoms with Gasteiger partial charge in [-0.1, -0.05) is 63.9 Å². The number of aryl methyl sites for hydroxylation is 1. The zero-order valence-corrected chi connectivity index (χ0v) is 17.5. The first-order valence-electron chi connectivity index (χ1n) is 8.59. The van der Waals surface area contributed by atoms with Gasteiger partial charge in [0.05, 0.1) is 6.21 Å². The summed E-state index contributed by atoms with van der Waals surface area (Å²) in [6.45, 7) is 2.32. The van der Waals surface area contributed by atoms with Crippen LogP contribution in [0.15, 0.2) is 76.3 Å². The molecule has 4 nitrogen and oxygen atoms in total. The van der Waals surface area contributed by atoms with Crippen molar-refractivity contribution in [2.75, 3.05) is 0 Å². The fourth-order valence-electron chi connectivity index (χ4n) is 2.45. The third-order valence-electron chi connectivity index (χ3n) is 4.01. The molecule has 0 unspecified atom stereocenters. The fraction of sp³-hybridized carbons (Fsp3) is 0.0909. The molecular formula is C22H18BrClN2O2. The van der Waals surface area contributed by atoms with E-state index in [2.05, 4.69) is 26.5 Å². The van der Waals surface area contributed by atoms with Crippen LogP contribution in [0.3, 0.4) is 0 Å². The maximum atomic E-state index is 12.2. The molecule has 0 saturated heterocycles.